The van der Waals surface area contributed by atoms with E-state index < -0.39 is 0 Å². The Hall–Kier alpha value is -1.42. The van der Waals surface area contributed by atoms with Crippen LogP contribution in [0.5, 0.6) is 0 Å². The quantitative estimate of drug-likeness (QED) is 0.901. The third kappa shape index (κ3) is 1.72. The first-order valence-corrected chi connectivity index (χ1v) is 6.71. The lowest BCUT2D eigenvalue weighted by Crippen LogP contribution is -2.45. The minimum atomic E-state index is 0.433. The van der Waals surface area contributed by atoms with Gasteiger partial charge >= 0.3 is 0 Å². The van der Waals surface area contributed by atoms with Crippen molar-refractivity contribution < 1.29 is 0 Å². The Kier molecular flexibility index (Phi) is 2.82. The molecule has 18 heavy (non-hydrogen) atoms. The summed E-state index contributed by atoms with van der Waals surface area (Å²) < 4.78 is 2.36. The van der Waals surface area contributed by atoms with Gasteiger partial charge in [0.15, 0.2) is 0 Å². The highest BCUT2D eigenvalue weighted by molar-refractivity contribution is 5.75. The first kappa shape index (κ1) is 11.7. The molecule has 3 heterocycles. The van der Waals surface area contributed by atoms with Gasteiger partial charge in [0, 0.05) is 18.2 Å². The summed E-state index contributed by atoms with van der Waals surface area (Å²) in [6, 6.07) is 2.50. The topological polar surface area (TPSA) is 42.7 Å². The van der Waals surface area contributed by atoms with Crippen molar-refractivity contribution in [2.24, 2.45) is 5.92 Å². The molecule has 1 aliphatic rings. The van der Waals surface area contributed by atoms with Crippen molar-refractivity contribution in [2.45, 2.75) is 32.7 Å². The number of aromatic nitrogens is 3. The van der Waals surface area contributed by atoms with E-state index >= 15 is 0 Å². The number of rotatable bonds is 3. The Morgan fingerprint density at radius 2 is 2.11 bits per heavy atom. The number of nitrogens with zero attached hydrogens (tertiary/aromatic N) is 3. The largest absolute Gasteiger partial charge is 0.325 e. The van der Waals surface area contributed by atoms with Crippen LogP contribution >= 0.6 is 0 Å². The van der Waals surface area contributed by atoms with Gasteiger partial charge in [-0.1, -0.05) is 6.92 Å². The Morgan fingerprint density at radius 1 is 1.33 bits per heavy atom. The highest BCUT2D eigenvalue weighted by Crippen LogP contribution is 2.31. The molecule has 3 rings (SSSR count). The molecule has 96 valence electrons. The van der Waals surface area contributed by atoms with Crippen LogP contribution in [0, 0.1) is 5.92 Å². The van der Waals surface area contributed by atoms with E-state index in [1.807, 2.05) is 12.4 Å². The maximum atomic E-state index is 4.81. The van der Waals surface area contributed by atoms with Crippen LogP contribution in [0.3, 0.4) is 0 Å². The zero-order valence-corrected chi connectivity index (χ0v) is 11.2. The number of hydrogen-bond donors (Lipinski definition) is 1. The van der Waals surface area contributed by atoms with E-state index in [1.165, 1.54) is 11.3 Å². The molecular formula is C14H20N4. The van der Waals surface area contributed by atoms with Crippen LogP contribution in [0.1, 0.15) is 38.6 Å². The van der Waals surface area contributed by atoms with Crippen molar-refractivity contribution in [3.63, 3.8) is 0 Å². The van der Waals surface area contributed by atoms with E-state index in [9.17, 15) is 0 Å². The summed E-state index contributed by atoms with van der Waals surface area (Å²) in [5, 5.41) is 3.34. The van der Waals surface area contributed by atoms with Gasteiger partial charge in [-0.15, -0.1) is 0 Å². The summed E-state index contributed by atoms with van der Waals surface area (Å²) >= 11 is 0. The van der Waals surface area contributed by atoms with E-state index in [0.717, 1.165) is 18.6 Å². The van der Waals surface area contributed by atoms with E-state index in [4.69, 9.17) is 4.98 Å². The zero-order chi connectivity index (χ0) is 12.7. The lowest BCUT2D eigenvalue weighted by atomic mass is 9.88. The molecule has 1 aliphatic heterocycles. The maximum Gasteiger partial charge on any atom is 0.113 e. The van der Waals surface area contributed by atoms with Gasteiger partial charge in [-0.2, -0.15) is 0 Å². The van der Waals surface area contributed by atoms with E-state index in [1.54, 1.807) is 0 Å². The molecule has 1 fully saturated rings. The molecule has 0 aromatic carbocycles. The maximum absolute atomic E-state index is 4.81. The Morgan fingerprint density at radius 3 is 2.72 bits per heavy atom. The summed E-state index contributed by atoms with van der Waals surface area (Å²) in [4.78, 5) is 8.99. The van der Waals surface area contributed by atoms with Crippen molar-refractivity contribution in [3.8, 4) is 0 Å². The molecule has 1 atom stereocenters. The third-order valence-electron chi connectivity index (χ3n) is 3.96. The van der Waals surface area contributed by atoms with Gasteiger partial charge in [-0.25, -0.2) is 4.98 Å². The highest BCUT2D eigenvalue weighted by atomic mass is 15.1. The van der Waals surface area contributed by atoms with Crippen molar-refractivity contribution >= 4 is 11.0 Å². The third-order valence-corrected chi connectivity index (χ3v) is 3.96. The van der Waals surface area contributed by atoms with Crippen molar-refractivity contribution in [3.05, 3.63) is 24.3 Å². The van der Waals surface area contributed by atoms with Crippen molar-refractivity contribution in [1.82, 2.24) is 19.9 Å². The van der Waals surface area contributed by atoms with Crippen LogP contribution in [-0.4, -0.2) is 27.6 Å². The van der Waals surface area contributed by atoms with E-state index in [-0.39, 0.29) is 0 Å². The smallest absolute Gasteiger partial charge is 0.113 e. The molecule has 0 radical (unpaired) electrons. The van der Waals surface area contributed by atoms with Gasteiger partial charge in [0.1, 0.15) is 11.3 Å². The number of nitrogens with one attached hydrogen (secondary N) is 1. The second-order valence-electron chi connectivity index (χ2n) is 5.51. The Labute approximate surface area is 107 Å². The monoisotopic (exact) mass is 244 g/mol. The van der Waals surface area contributed by atoms with Crippen LogP contribution in [-0.2, 0) is 0 Å². The molecule has 1 N–H and O–H groups in total. The molecule has 1 saturated heterocycles. The molecule has 4 nitrogen and oxygen atoms in total. The van der Waals surface area contributed by atoms with Crippen LogP contribution in [0.25, 0.3) is 11.0 Å². The molecule has 2 aromatic heterocycles. The predicted molar refractivity (Wildman–Crippen MR) is 72.7 cm³/mol. The van der Waals surface area contributed by atoms with Gasteiger partial charge in [0.25, 0.3) is 0 Å². The molecule has 4 heteroatoms. The first-order valence-electron chi connectivity index (χ1n) is 6.71. The Bertz CT molecular complexity index is 554. The number of fused-ring (bicyclic) bond motifs is 1. The molecule has 0 saturated carbocycles. The van der Waals surface area contributed by atoms with E-state index in [0.29, 0.717) is 17.9 Å². The molecule has 0 aliphatic carbocycles. The SMILES string of the molecule is CC(c1nc2cnccc2n1C(C)C)C1CNC1. The molecule has 0 spiro atoms. The minimum absolute atomic E-state index is 0.433. The number of pyridine rings is 1. The molecule has 0 amide bonds. The van der Waals surface area contributed by atoms with E-state index in [2.05, 4.69) is 41.7 Å². The van der Waals surface area contributed by atoms with Crippen molar-refractivity contribution in [2.75, 3.05) is 13.1 Å². The summed E-state index contributed by atoms with van der Waals surface area (Å²) in [5.41, 5.74) is 2.22. The number of imidazole rings is 1. The lowest BCUT2D eigenvalue weighted by Gasteiger charge is -2.33. The second-order valence-corrected chi connectivity index (χ2v) is 5.51. The zero-order valence-electron chi connectivity index (χ0n) is 11.2. The van der Waals surface area contributed by atoms with Gasteiger partial charge in [-0.05, 0) is 38.9 Å². The highest BCUT2D eigenvalue weighted by Gasteiger charge is 2.29. The van der Waals surface area contributed by atoms with Crippen LogP contribution in [0.2, 0.25) is 0 Å². The Balaban J connectivity index is 2.11. The van der Waals surface area contributed by atoms with Crippen LogP contribution in [0.15, 0.2) is 18.5 Å². The summed E-state index contributed by atoms with van der Waals surface area (Å²) in [6.45, 7) is 8.95. The minimum Gasteiger partial charge on any atom is -0.325 e. The number of hydrogen-bond acceptors (Lipinski definition) is 3. The average molecular weight is 244 g/mol. The molecule has 1 unspecified atom stereocenters. The van der Waals surface area contributed by atoms with Gasteiger partial charge in [0.05, 0.1) is 11.7 Å². The first-order chi connectivity index (χ1) is 8.68. The normalized spacial score (nSPS) is 18.2. The van der Waals surface area contributed by atoms with Crippen LogP contribution < -0.4 is 5.32 Å². The van der Waals surface area contributed by atoms with Gasteiger partial charge in [-0.3, -0.25) is 4.98 Å². The molecule has 2 aromatic rings. The average Bonchev–Trinajstić information content (AvgIpc) is 2.65. The fourth-order valence-electron chi connectivity index (χ4n) is 2.71. The predicted octanol–water partition coefficient (Wildman–Crippen LogP) is 2.34. The van der Waals surface area contributed by atoms with Gasteiger partial charge in [0.2, 0.25) is 0 Å². The molecule has 0 bridgehead atoms. The summed E-state index contributed by atoms with van der Waals surface area (Å²) in [6.07, 6.45) is 3.71. The summed E-state index contributed by atoms with van der Waals surface area (Å²) in [5.74, 6) is 2.42. The standard InChI is InChI=1S/C14H20N4/c1-9(2)18-13-4-5-15-8-12(13)17-14(18)10(3)11-6-16-7-11/h4-5,8-11,16H,6-7H2,1-3H3. The summed E-state index contributed by atoms with van der Waals surface area (Å²) in [7, 11) is 0. The second kappa shape index (κ2) is 4.35. The van der Waals surface area contributed by atoms with Crippen LogP contribution in [0.4, 0.5) is 0 Å². The fraction of sp³-hybridized carbons (Fsp3) is 0.571. The van der Waals surface area contributed by atoms with Gasteiger partial charge < -0.3 is 9.88 Å². The lowest BCUT2D eigenvalue weighted by molar-refractivity contribution is 0.289. The fourth-order valence-corrected chi connectivity index (χ4v) is 2.71. The van der Waals surface area contributed by atoms with Crippen molar-refractivity contribution in [1.29, 1.82) is 0 Å². The molecular weight excluding hydrogens is 224 g/mol.